The highest BCUT2D eigenvalue weighted by Crippen LogP contribution is 2.35. The van der Waals surface area contributed by atoms with Crippen LogP contribution < -0.4 is 5.32 Å². The Bertz CT molecular complexity index is 153. The minimum atomic E-state index is -1.98. The highest BCUT2D eigenvalue weighted by molar-refractivity contribution is 7.62. The predicted octanol–water partition coefficient (Wildman–Crippen LogP) is 1.58. The molecule has 12 heavy (non-hydrogen) atoms. The van der Waals surface area contributed by atoms with Gasteiger partial charge in [-0.25, -0.2) is 0 Å². The highest BCUT2D eigenvalue weighted by atomic mass is 31.2. The van der Waals surface area contributed by atoms with E-state index in [1.165, 1.54) is 0 Å². The monoisotopic (exact) mass is 193 g/mol. The summed E-state index contributed by atoms with van der Waals surface area (Å²) in [6.45, 7) is 9.13. The molecule has 0 saturated carbocycles. The quantitative estimate of drug-likeness (QED) is 0.514. The lowest BCUT2D eigenvalue weighted by atomic mass is 10.4. The second-order valence-corrected chi connectivity index (χ2v) is 7.13. The number of hydrogen-bond donors (Lipinski definition) is 1. The van der Waals surface area contributed by atoms with Gasteiger partial charge in [0.05, 0.1) is 13.0 Å². The van der Waals surface area contributed by atoms with E-state index < -0.39 is 7.14 Å². The lowest BCUT2D eigenvalue weighted by Crippen LogP contribution is -2.26. The third-order valence-electron chi connectivity index (χ3n) is 1.20. The Hall–Kier alpha value is 0.150. The van der Waals surface area contributed by atoms with Crippen molar-refractivity contribution >= 4 is 7.14 Å². The molecule has 0 amide bonds. The van der Waals surface area contributed by atoms with Crippen LogP contribution in [0.4, 0.5) is 0 Å². The van der Waals surface area contributed by atoms with Gasteiger partial charge < -0.3 is 14.6 Å². The van der Waals surface area contributed by atoms with Crippen molar-refractivity contribution in [1.82, 2.24) is 5.32 Å². The molecule has 3 nitrogen and oxygen atoms in total. The molecule has 4 heteroatoms. The summed E-state index contributed by atoms with van der Waals surface area (Å²) in [7, 11) is -1.98. The lowest BCUT2D eigenvalue weighted by molar-refractivity contribution is 0.175. The van der Waals surface area contributed by atoms with Gasteiger partial charge in [0.2, 0.25) is 0 Å². The fourth-order valence-corrected chi connectivity index (χ4v) is 1.27. The highest BCUT2D eigenvalue weighted by Gasteiger charge is 2.05. The third kappa shape index (κ3) is 10.2. The molecule has 74 valence electrons. The molecule has 1 N–H and O–H groups in total. The summed E-state index contributed by atoms with van der Waals surface area (Å²) in [6.07, 6.45) is 0.396. The van der Waals surface area contributed by atoms with Crippen LogP contribution in [-0.4, -0.2) is 38.9 Å². The minimum Gasteiger partial charge on any atom is -0.372 e. The van der Waals surface area contributed by atoms with E-state index in [9.17, 15) is 4.57 Å². The van der Waals surface area contributed by atoms with Crippen molar-refractivity contribution in [1.29, 1.82) is 0 Å². The molecule has 0 atom stereocenters. The number of rotatable bonds is 6. The normalized spacial score (nSPS) is 12.4. The Morgan fingerprint density at radius 2 is 2.00 bits per heavy atom. The van der Waals surface area contributed by atoms with Gasteiger partial charge in [0.1, 0.15) is 7.14 Å². The molecule has 0 rings (SSSR count). The van der Waals surface area contributed by atoms with Crippen LogP contribution in [0.3, 0.4) is 0 Å². The summed E-state index contributed by atoms with van der Waals surface area (Å²) in [5.74, 6) is 0. The molecule has 0 aromatic rings. The van der Waals surface area contributed by atoms with Gasteiger partial charge in [0.25, 0.3) is 0 Å². The van der Waals surface area contributed by atoms with E-state index in [1.54, 1.807) is 13.3 Å². The van der Waals surface area contributed by atoms with Gasteiger partial charge >= 0.3 is 0 Å². The van der Waals surface area contributed by atoms with Gasteiger partial charge in [0, 0.05) is 12.6 Å². The molecule has 0 aromatic carbocycles. The molecule has 0 spiro atoms. The summed E-state index contributed by atoms with van der Waals surface area (Å²) < 4.78 is 16.4. The molecular formula is C8H20NO2P. The van der Waals surface area contributed by atoms with Crippen molar-refractivity contribution in [2.75, 3.05) is 32.8 Å². The molecule has 0 heterocycles. The standard InChI is InChI=1S/C8H20NO2P/c1-8(2)9-5-6-11-7-12(3,4)10/h8-9H,5-7H2,1-4H3. The second kappa shape index (κ2) is 5.74. The first-order valence-electron chi connectivity index (χ1n) is 4.27. The van der Waals surface area contributed by atoms with E-state index in [4.69, 9.17) is 4.74 Å². The summed E-state index contributed by atoms with van der Waals surface area (Å²) in [5, 5.41) is 3.22. The van der Waals surface area contributed by atoms with E-state index in [2.05, 4.69) is 19.2 Å². The fraction of sp³-hybridized carbons (Fsp3) is 1.00. The van der Waals surface area contributed by atoms with Gasteiger partial charge in [-0.15, -0.1) is 0 Å². The molecule has 0 bridgehead atoms. The maximum absolute atomic E-state index is 11.2. The van der Waals surface area contributed by atoms with Gasteiger partial charge in [0.15, 0.2) is 0 Å². The Morgan fingerprint density at radius 1 is 1.42 bits per heavy atom. The van der Waals surface area contributed by atoms with Crippen LogP contribution in [0.15, 0.2) is 0 Å². The minimum absolute atomic E-state index is 0.396. The molecule has 0 aliphatic rings. The number of ether oxygens (including phenoxy) is 1. The Kier molecular flexibility index (Phi) is 5.81. The Balaban J connectivity index is 3.17. The van der Waals surface area contributed by atoms with Gasteiger partial charge in [-0.1, -0.05) is 13.8 Å². The average molecular weight is 193 g/mol. The fourth-order valence-electron chi connectivity index (χ4n) is 0.704. The van der Waals surface area contributed by atoms with Gasteiger partial charge in [-0.3, -0.25) is 0 Å². The van der Waals surface area contributed by atoms with Crippen molar-refractivity contribution in [2.24, 2.45) is 0 Å². The largest absolute Gasteiger partial charge is 0.372 e. The predicted molar refractivity (Wildman–Crippen MR) is 53.4 cm³/mol. The van der Waals surface area contributed by atoms with E-state index in [0.717, 1.165) is 6.54 Å². The van der Waals surface area contributed by atoms with E-state index >= 15 is 0 Å². The zero-order chi connectivity index (χ0) is 9.61. The summed E-state index contributed by atoms with van der Waals surface area (Å²) >= 11 is 0. The molecular weight excluding hydrogens is 173 g/mol. The molecule has 0 saturated heterocycles. The van der Waals surface area contributed by atoms with Crippen LogP contribution in [0.1, 0.15) is 13.8 Å². The van der Waals surface area contributed by atoms with Crippen LogP contribution in [0.2, 0.25) is 0 Å². The molecule has 0 unspecified atom stereocenters. The smallest absolute Gasteiger partial charge is 0.106 e. The van der Waals surface area contributed by atoms with Gasteiger partial charge in [-0.05, 0) is 13.3 Å². The van der Waals surface area contributed by atoms with Crippen LogP contribution in [0, 0.1) is 0 Å². The molecule has 0 fully saturated rings. The van der Waals surface area contributed by atoms with Crippen molar-refractivity contribution < 1.29 is 9.30 Å². The first kappa shape index (κ1) is 12.2. The molecule has 0 aromatic heterocycles. The summed E-state index contributed by atoms with van der Waals surface area (Å²) in [4.78, 5) is 0. The second-order valence-electron chi connectivity index (χ2n) is 3.72. The first-order valence-corrected chi connectivity index (χ1v) is 7.05. The van der Waals surface area contributed by atoms with Gasteiger partial charge in [-0.2, -0.15) is 0 Å². The number of nitrogens with one attached hydrogen (secondary N) is 1. The van der Waals surface area contributed by atoms with Crippen LogP contribution in [0.5, 0.6) is 0 Å². The van der Waals surface area contributed by atoms with Crippen molar-refractivity contribution in [3.63, 3.8) is 0 Å². The molecule has 0 aliphatic carbocycles. The van der Waals surface area contributed by atoms with Crippen molar-refractivity contribution in [3.8, 4) is 0 Å². The Morgan fingerprint density at radius 3 is 2.42 bits per heavy atom. The first-order chi connectivity index (χ1) is 5.42. The van der Waals surface area contributed by atoms with E-state index in [-0.39, 0.29) is 0 Å². The Labute approximate surface area is 75.2 Å². The maximum atomic E-state index is 11.2. The van der Waals surface area contributed by atoms with E-state index in [0.29, 0.717) is 19.0 Å². The lowest BCUT2D eigenvalue weighted by Gasteiger charge is -2.10. The van der Waals surface area contributed by atoms with Crippen LogP contribution >= 0.6 is 7.14 Å². The maximum Gasteiger partial charge on any atom is 0.106 e. The van der Waals surface area contributed by atoms with Crippen molar-refractivity contribution in [2.45, 2.75) is 19.9 Å². The zero-order valence-electron chi connectivity index (χ0n) is 8.46. The van der Waals surface area contributed by atoms with Crippen LogP contribution in [-0.2, 0) is 9.30 Å². The summed E-state index contributed by atoms with van der Waals surface area (Å²) in [5.41, 5.74) is 0. The number of hydrogen-bond acceptors (Lipinski definition) is 3. The topological polar surface area (TPSA) is 38.3 Å². The third-order valence-corrected chi connectivity index (χ3v) is 2.01. The zero-order valence-corrected chi connectivity index (χ0v) is 9.36. The summed E-state index contributed by atoms with van der Waals surface area (Å²) in [6, 6.07) is 0.489. The molecule has 0 radical (unpaired) electrons. The van der Waals surface area contributed by atoms with Crippen molar-refractivity contribution in [3.05, 3.63) is 0 Å². The van der Waals surface area contributed by atoms with Crippen LogP contribution in [0.25, 0.3) is 0 Å². The average Bonchev–Trinajstić information content (AvgIpc) is 1.83. The van der Waals surface area contributed by atoms with E-state index in [1.807, 2.05) is 0 Å². The molecule has 0 aliphatic heterocycles. The SMILES string of the molecule is CC(C)NCCOCP(C)(C)=O.